The summed E-state index contributed by atoms with van der Waals surface area (Å²) in [6, 6.07) is 1.49. The molecule has 0 amide bonds. The fourth-order valence-corrected chi connectivity index (χ4v) is 6.12. The van der Waals surface area contributed by atoms with Crippen LogP contribution in [-0.4, -0.2) is 84.9 Å². The van der Waals surface area contributed by atoms with Gasteiger partial charge in [-0.2, -0.15) is 18.4 Å². The van der Waals surface area contributed by atoms with Crippen LogP contribution in [0.3, 0.4) is 0 Å². The van der Waals surface area contributed by atoms with Gasteiger partial charge in [0.2, 0.25) is 15.1 Å². The van der Waals surface area contributed by atoms with Gasteiger partial charge in [-0.25, -0.2) is 17.8 Å². The number of nitrogens with zero attached hydrogens (tertiary/aromatic N) is 5. The number of thioether (sulfide) groups is 1. The number of nitro groups is 1. The van der Waals surface area contributed by atoms with Gasteiger partial charge in [-0.15, -0.1) is 11.8 Å². The van der Waals surface area contributed by atoms with Crippen molar-refractivity contribution in [1.82, 2.24) is 9.80 Å². The Kier molecular flexibility index (Phi) is 7.82. The summed E-state index contributed by atoms with van der Waals surface area (Å²) in [5, 5.41) is 19.7. The molecule has 10 nitrogen and oxygen atoms in total. The van der Waals surface area contributed by atoms with Crippen molar-refractivity contribution in [3.8, 4) is 6.07 Å². The molecule has 16 heteroatoms. The lowest BCUT2D eigenvalue weighted by Crippen LogP contribution is -2.54. The molecular weight excluding hydrogens is 518 g/mol. The average molecular weight is 540 g/mol. The molecule has 0 bridgehead atoms. The first-order chi connectivity index (χ1) is 16.3. The second-order valence-electron chi connectivity index (χ2n) is 7.72. The van der Waals surface area contributed by atoms with Crippen LogP contribution in [-0.2, 0) is 14.6 Å². The highest BCUT2D eigenvalue weighted by Gasteiger charge is 2.50. The lowest BCUT2D eigenvalue weighted by Gasteiger charge is -2.42. The van der Waals surface area contributed by atoms with Crippen LogP contribution >= 0.6 is 11.8 Å². The van der Waals surface area contributed by atoms with Gasteiger partial charge >= 0.3 is 11.9 Å². The van der Waals surface area contributed by atoms with Crippen LogP contribution < -0.4 is 0 Å². The number of aliphatic imine (C=N–C) groups is 1. The van der Waals surface area contributed by atoms with Gasteiger partial charge in [0.15, 0.2) is 23.1 Å². The Balaban J connectivity index is 2.18. The summed E-state index contributed by atoms with van der Waals surface area (Å²) in [6.45, 7) is -1.35. The molecule has 35 heavy (non-hydrogen) atoms. The van der Waals surface area contributed by atoms with Crippen molar-refractivity contribution in [3.63, 3.8) is 0 Å². The highest BCUT2D eigenvalue weighted by atomic mass is 32.2. The lowest BCUT2D eigenvalue weighted by atomic mass is 10.1. The Labute approximate surface area is 202 Å². The fourth-order valence-electron chi connectivity index (χ4n) is 3.92. The number of alkyl halides is 3. The minimum absolute atomic E-state index is 0.162. The smallest absolute Gasteiger partial charge is 0.365 e. The summed E-state index contributed by atoms with van der Waals surface area (Å²) in [5.41, 5.74) is -2.70. The van der Waals surface area contributed by atoms with Crippen molar-refractivity contribution in [2.75, 3.05) is 33.0 Å². The molecule has 0 N–H and O–H groups in total. The van der Waals surface area contributed by atoms with Gasteiger partial charge in [0.05, 0.1) is 29.0 Å². The first-order valence-electron chi connectivity index (χ1n) is 10.2. The third-order valence-corrected chi connectivity index (χ3v) is 8.30. The zero-order chi connectivity index (χ0) is 26.1. The van der Waals surface area contributed by atoms with Gasteiger partial charge in [-0.1, -0.05) is 6.08 Å². The van der Waals surface area contributed by atoms with E-state index in [-0.39, 0.29) is 25.2 Å². The molecule has 3 aliphatic rings. The molecule has 0 spiro atoms. The average Bonchev–Trinajstić information content (AvgIpc) is 2.79. The maximum Gasteiger partial charge on any atom is 0.416 e. The summed E-state index contributed by atoms with van der Waals surface area (Å²) < 4.78 is 85.6. The molecule has 0 radical (unpaired) electrons. The number of rotatable bonds is 6. The first kappa shape index (κ1) is 27.0. The molecule has 2 heterocycles. The summed E-state index contributed by atoms with van der Waals surface area (Å²) in [5.74, 6) is -1.42. The Bertz CT molecular complexity index is 1160. The Hall–Kier alpha value is -2.64. The predicted molar refractivity (Wildman–Crippen MR) is 119 cm³/mol. The van der Waals surface area contributed by atoms with E-state index in [0.717, 1.165) is 28.8 Å². The molecule has 0 aromatic heterocycles. The van der Waals surface area contributed by atoms with Gasteiger partial charge in [0.25, 0.3) is 0 Å². The van der Waals surface area contributed by atoms with Gasteiger partial charge < -0.3 is 14.5 Å². The van der Waals surface area contributed by atoms with Crippen LogP contribution in [0.1, 0.15) is 12.8 Å². The zero-order valence-electron chi connectivity index (χ0n) is 18.5. The highest BCUT2D eigenvalue weighted by Crippen LogP contribution is 2.36. The molecule has 1 saturated heterocycles. The molecule has 0 aromatic carbocycles. The van der Waals surface area contributed by atoms with E-state index in [1.54, 1.807) is 6.26 Å². The molecule has 0 aromatic rings. The van der Waals surface area contributed by atoms with E-state index in [9.17, 15) is 41.4 Å². The van der Waals surface area contributed by atoms with Gasteiger partial charge in [0, 0.05) is 13.6 Å². The van der Waals surface area contributed by atoms with Gasteiger partial charge in [-0.05, 0) is 25.2 Å². The van der Waals surface area contributed by atoms with Crippen molar-refractivity contribution in [1.29, 1.82) is 5.26 Å². The molecule has 0 saturated carbocycles. The lowest BCUT2D eigenvalue weighted by molar-refractivity contribution is -0.419. The van der Waals surface area contributed by atoms with Crippen molar-refractivity contribution < 1.29 is 35.6 Å². The molecule has 3 unspecified atom stereocenters. The number of morpholine rings is 1. The van der Waals surface area contributed by atoms with E-state index in [2.05, 4.69) is 4.99 Å². The highest BCUT2D eigenvalue weighted by molar-refractivity contribution is 7.99. The normalized spacial score (nSPS) is 24.9. The number of hydrogen-bond donors (Lipinski definition) is 0. The Morgan fingerprint density at radius 2 is 2.03 bits per heavy atom. The van der Waals surface area contributed by atoms with Gasteiger partial charge in [-0.3, -0.25) is 10.1 Å². The topological polar surface area (TPSA) is 129 Å². The van der Waals surface area contributed by atoms with E-state index in [4.69, 9.17) is 4.74 Å². The maximum absolute atomic E-state index is 14.4. The minimum Gasteiger partial charge on any atom is -0.365 e. The predicted octanol–water partition coefficient (Wildman–Crippen LogP) is 2.57. The monoisotopic (exact) mass is 539 g/mol. The number of hydrogen-bond acceptors (Lipinski definition) is 10. The standard InChI is InChI=1S/C19H21F4N5O5S2/c1-26-17(27-7-8-33-14(10-27)19(21,22)23)16(28(29)30)15(25-18(26)34-2)13(9-24)35(31,32)12-6-4-3-5-11(12)20/h5-6,13-14,18H,3-4,7-8,10H2,1-2H3. The van der Waals surface area contributed by atoms with Crippen LogP contribution in [0.15, 0.2) is 39.4 Å². The van der Waals surface area contributed by atoms with Crippen molar-refractivity contribution in [3.05, 3.63) is 44.5 Å². The van der Waals surface area contributed by atoms with E-state index >= 15 is 0 Å². The summed E-state index contributed by atoms with van der Waals surface area (Å²) in [4.78, 5) is 16.8. The summed E-state index contributed by atoms with van der Waals surface area (Å²) >= 11 is 1.02. The number of nitriles is 1. The van der Waals surface area contributed by atoms with Crippen LogP contribution in [0.4, 0.5) is 17.6 Å². The minimum atomic E-state index is -4.79. The third kappa shape index (κ3) is 5.16. The summed E-state index contributed by atoms with van der Waals surface area (Å²) in [7, 11) is -3.43. The quantitative estimate of drug-likeness (QED) is 0.284. The van der Waals surface area contributed by atoms with E-state index in [1.165, 1.54) is 18.0 Å². The Morgan fingerprint density at radius 3 is 2.57 bits per heavy atom. The number of allylic oxidation sites excluding steroid dienone is 4. The second-order valence-corrected chi connectivity index (χ2v) is 10.6. The Morgan fingerprint density at radius 1 is 1.37 bits per heavy atom. The van der Waals surface area contributed by atoms with E-state index in [0.29, 0.717) is 0 Å². The molecule has 3 rings (SSSR count). The van der Waals surface area contributed by atoms with Gasteiger partial charge in [0.1, 0.15) is 5.83 Å². The summed E-state index contributed by atoms with van der Waals surface area (Å²) in [6.07, 6.45) is -2.89. The molecule has 3 atom stereocenters. The fraction of sp³-hybridized carbons (Fsp3) is 0.579. The van der Waals surface area contributed by atoms with Crippen LogP contribution in [0.2, 0.25) is 0 Å². The molecular formula is C19H21F4N5O5S2. The van der Waals surface area contributed by atoms with Crippen LogP contribution in [0.25, 0.3) is 0 Å². The first-order valence-corrected chi connectivity index (χ1v) is 13.0. The zero-order valence-corrected chi connectivity index (χ0v) is 20.2. The molecule has 1 aliphatic carbocycles. The molecule has 2 aliphatic heterocycles. The molecule has 192 valence electrons. The van der Waals surface area contributed by atoms with Crippen LogP contribution in [0.5, 0.6) is 0 Å². The number of ether oxygens (including phenoxy) is 1. The number of sulfone groups is 1. The van der Waals surface area contributed by atoms with Crippen molar-refractivity contribution in [2.45, 2.75) is 35.9 Å². The van der Waals surface area contributed by atoms with Crippen molar-refractivity contribution in [2.24, 2.45) is 4.99 Å². The second kappa shape index (κ2) is 10.2. The van der Waals surface area contributed by atoms with E-state index in [1.807, 2.05) is 0 Å². The maximum atomic E-state index is 14.4. The molecule has 1 fully saturated rings. The van der Waals surface area contributed by atoms with E-state index < -0.39 is 73.1 Å². The SMILES string of the molecule is CSC1N=C(C(C#N)S(=O)(=O)C2=CCCC=C2F)C([N+](=O)[O-])=C(N2CCOC(C(F)(F)F)C2)N1C. The van der Waals surface area contributed by atoms with Crippen LogP contribution in [0, 0.1) is 21.4 Å². The largest absolute Gasteiger partial charge is 0.416 e. The number of halogens is 4. The van der Waals surface area contributed by atoms with Crippen molar-refractivity contribution >= 4 is 27.3 Å². The third-order valence-electron chi connectivity index (χ3n) is 5.53.